The van der Waals surface area contributed by atoms with E-state index in [0.717, 1.165) is 36.8 Å². The second-order valence-electron chi connectivity index (χ2n) is 7.83. The summed E-state index contributed by atoms with van der Waals surface area (Å²) >= 11 is 0. The Labute approximate surface area is 190 Å². The Hall–Kier alpha value is -3.86. The topological polar surface area (TPSA) is 76.1 Å². The highest BCUT2D eigenvalue weighted by Crippen LogP contribution is 2.24. The molecule has 0 fully saturated rings. The van der Waals surface area contributed by atoms with Crippen LogP contribution in [0.2, 0.25) is 0 Å². The zero-order chi connectivity index (χ0) is 23.3. The molecule has 0 bridgehead atoms. The van der Waals surface area contributed by atoms with Crippen molar-refractivity contribution in [2.75, 3.05) is 0 Å². The maximum atomic E-state index is 12.9. The van der Waals surface area contributed by atoms with Gasteiger partial charge in [-0.25, -0.2) is 9.50 Å². The molecule has 0 spiro atoms. The largest absolute Gasteiger partial charge is 0.433 e. The molecule has 2 heterocycles. The van der Waals surface area contributed by atoms with Gasteiger partial charge in [-0.1, -0.05) is 24.3 Å². The van der Waals surface area contributed by atoms with Crippen molar-refractivity contribution < 1.29 is 13.5 Å². The lowest BCUT2D eigenvalue weighted by molar-refractivity contribution is -0.158. The molecule has 1 aliphatic rings. The first-order chi connectivity index (χ1) is 15.9. The number of fused-ring (bicyclic) bond motifs is 1. The van der Waals surface area contributed by atoms with E-state index in [0.29, 0.717) is 36.1 Å². The third-order valence-corrected chi connectivity index (χ3v) is 5.09. The highest BCUT2D eigenvalue weighted by atomic mass is 19.3. The molecule has 0 saturated carbocycles. The quantitative estimate of drug-likeness (QED) is 0.480. The van der Waals surface area contributed by atoms with Gasteiger partial charge in [0, 0.05) is 31.3 Å². The van der Waals surface area contributed by atoms with Crippen LogP contribution < -0.4 is 4.74 Å². The molecule has 8 heteroatoms. The third-order valence-electron chi connectivity index (χ3n) is 5.09. The average molecular weight is 447 g/mol. The molecule has 1 aromatic carbocycles. The van der Waals surface area contributed by atoms with E-state index in [9.17, 15) is 14.0 Å². The molecule has 0 radical (unpaired) electrons. The molecule has 168 valence electrons. The number of nitrogens with zero attached hydrogens (tertiary/aromatic N) is 5. The van der Waals surface area contributed by atoms with Crippen molar-refractivity contribution in [1.82, 2.24) is 19.6 Å². The number of rotatable bonds is 7. The molecule has 6 nitrogen and oxygen atoms in total. The zero-order valence-electron chi connectivity index (χ0n) is 18.2. The summed E-state index contributed by atoms with van der Waals surface area (Å²) in [4.78, 5) is 9.20. The van der Waals surface area contributed by atoms with Gasteiger partial charge in [0.1, 0.15) is 11.4 Å². The molecule has 0 N–H and O–H groups in total. The van der Waals surface area contributed by atoms with Gasteiger partial charge in [-0.3, -0.25) is 4.98 Å². The van der Waals surface area contributed by atoms with E-state index in [4.69, 9.17) is 4.98 Å². The van der Waals surface area contributed by atoms with Crippen molar-refractivity contribution in [1.29, 1.82) is 5.26 Å². The number of halogens is 2. The van der Waals surface area contributed by atoms with Crippen LogP contribution >= 0.6 is 0 Å². The fourth-order valence-corrected chi connectivity index (χ4v) is 3.61. The monoisotopic (exact) mass is 447 g/mol. The van der Waals surface area contributed by atoms with Gasteiger partial charge in [0.05, 0.1) is 11.6 Å². The number of alkyl halides is 2. The van der Waals surface area contributed by atoms with E-state index in [1.807, 2.05) is 18.2 Å². The third kappa shape index (κ3) is 5.89. The van der Waals surface area contributed by atoms with Crippen molar-refractivity contribution >= 4 is 11.2 Å². The molecule has 0 aliphatic heterocycles. The summed E-state index contributed by atoms with van der Waals surface area (Å²) < 4.78 is 32.2. The summed E-state index contributed by atoms with van der Waals surface area (Å²) in [6, 6.07) is 8.87. The normalized spacial score (nSPS) is 14.2. The molecule has 4 rings (SSSR count). The first-order valence-corrected chi connectivity index (χ1v) is 10.8. The molecular formula is C25H23F2N5O. The van der Waals surface area contributed by atoms with Crippen LogP contribution in [0.25, 0.3) is 11.2 Å². The molecule has 0 atom stereocenters. The van der Waals surface area contributed by atoms with Crippen LogP contribution in [0.15, 0.2) is 66.5 Å². The van der Waals surface area contributed by atoms with Crippen molar-refractivity contribution in [3.63, 3.8) is 0 Å². The van der Waals surface area contributed by atoms with Crippen LogP contribution in [-0.2, 0) is 12.8 Å². The Morgan fingerprint density at radius 1 is 1.18 bits per heavy atom. The lowest BCUT2D eigenvalue weighted by Crippen LogP contribution is -2.18. The predicted octanol–water partition coefficient (Wildman–Crippen LogP) is 5.47. The minimum absolute atomic E-state index is 0.140. The molecule has 0 saturated heterocycles. The highest BCUT2D eigenvalue weighted by molar-refractivity contribution is 5.81. The lowest BCUT2D eigenvalue weighted by atomic mass is 10.0. The maximum Gasteiger partial charge on any atom is 0.394 e. The molecule has 3 aromatic rings. The van der Waals surface area contributed by atoms with E-state index >= 15 is 0 Å². The van der Waals surface area contributed by atoms with E-state index in [1.54, 1.807) is 41.2 Å². The Bertz CT molecular complexity index is 1260. The lowest BCUT2D eigenvalue weighted by Gasteiger charge is -2.13. The summed E-state index contributed by atoms with van der Waals surface area (Å²) in [5, 5.41) is 13.9. The fraction of sp³-hybridized carbons (Fsp3) is 0.280. The molecule has 0 unspecified atom stereocenters. The van der Waals surface area contributed by atoms with Gasteiger partial charge in [-0.05, 0) is 55.5 Å². The van der Waals surface area contributed by atoms with Crippen LogP contribution in [0.4, 0.5) is 8.78 Å². The summed E-state index contributed by atoms with van der Waals surface area (Å²) in [6.07, 6.45) is 11.9. The van der Waals surface area contributed by atoms with Crippen LogP contribution in [0, 0.1) is 11.3 Å². The first-order valence-electron chi connectivity index (χ1n) is 10.8. The second-order valence-corrected chi connectivity index (χ2v) is 7.83. The van der Waals surface area contributed by atoms with Crippen LogP contribution in [0.5, 0.6) is 5.75 Å². The summed E-state index contributed by atoms with van der Waals surface area (Å²) in [6.45, 7) is 0.716. The zero-order valence-corrected chi connectivity index (χ0v) is 18.2. The number of aromatic nitrogens is 4. The summed E-state index contributed by atoms with van der Waals surface area (Å²) in [5.41, 5.74) is 3.81. The minimum Gasteiger partial charge on any atom is -0.433 e. The summed E-state index contributed by atoms with van der Waals surface area (Å²) in [7, 11) is 0. The van der Waals surface area contributed by atoms with Gasteiger partial charge in [0.2, 0.25) is 0 Å². The first kappa shape index (κ1) is 22.3. The highest BCUT2D eigenvalue weighted by Gasteiger charge is 2.22. The van der Waals surface area contributed by atoms with E-state index in [2.05, 4.69) is 27.0 Å². The van der Waals surface area contributed by atoms with Crippen molar-refractivity contribution in [3.8, 4) is 11.8 Å². The van der Waals surface area contributed by atoms with Crippen molar-refractivity contribution in [2.24, 2.45) is 0 Å². The van der Waals surface area contributed by atoms with Crippen LogP contribution in [-0.4, -0.2) is 25.7 Å². The van der Waals surface area contributed by atoms with Crippen molar-refractivity contribution in [3.05, 3.63) is 83.6 Å². The second kappa shape index (κ2) is 9.74. The molecule has 2 aromatic heterocycles. The average Bonchev–Trinajstić information content (AvgIpc) is 3.17. The van der Waals surface area contributed by atoms with Gasteiger partial charge in [0.15, 0.2) is 11.5 Å². The number of benzene rings is 1. The minimum atomic E-state index is -3.20. The van der Waals surface area contributed by atoms with Gasteiger partial charge in [0.25, 0.3) is 0 Å². The SMILES string of the molecule is CC(F)(F)Oc1ccc(CCCc2nc3c(C4=CCCC=CC(C#N)=C4)nccn3n2)cc1. The number of nitriles is 1. The standard InChI is InChI=1S/C25H23F2N5O/c1-25(26,27)33-21-12-10-18(11-13-21)7-5-9-22-30-24-23(29-14-15-32(24)31-22)20-8-4-2-3-6-19(16-20)17-28/h3,6,8,10-16H,2,4-5,7,9H2,1H3. The fourth-order valence-electron chi connectivity index (χ4n) is 3.61. The Morgan fingerprint density at radius 3 is 2.76 bits per heavy atom. The van der Waals surface area contributed by atoms with Crippen LogP contribution in [0.3, 0.4) is 0 Å². The van der Waals surface area contributed by atoms with E-state index < -0.39 is 6.11 Å². The predicted molar refractivity (Wildman–Crippen MR) is 121 cm³/mol. The molecular weight excluding hydrogens is 424 g/mol. The maximum absolute atomic E-state index is 12.9. The smallest absolute Gasteiger partial charge is 0.394 e. The van der Waals surface area contributed by atoms with E-state index in [1.165, 1.54) is 0 Å². The number of hydrogen-bond acceptors (Lipinski definition) is 5. The number of aryl methyl sites for hydroxylation is 2. The molecule has 1 aliphatic carbocycles. The van der Waals surface area contributed by atoms with Crippen molar-refractivity contribution in [2.45, 2.75) is 45.1 Å². The van der Waals surface area contributed by atoms with Gasteiger partial charge in [-0.2, -0.15) is 19.1 Å². The number of hydrogen-bond donors (Lipinski definition) is 0. The van der Waals surface area contributed by atoms with Gasteiger partial charge < -0.3 is 4.74 Å². The molecule has 33 heavy (non-hydrogen) atoms. The van der Waals surface area contributed by atoms with Gasteiger partial charge in [-0.15, -0.1) is 0 Å². The number of ether oxygens (including phenoxy) is 1. The Morgan fingerprint density at radius 2 is 2.00 bits per heavy atom. The van der Waals surface area contributed by atoms with Crippen LogP contribution in [0.1, 0.15) is 43.3 Å². The van der Waals surface area contributed by atoms with Gasteiger partial charge >= 0.3 is 6.11 Å². The van der Waals surface area contributed by atoms with E-state index in [-0.39, 0.29) is 5.75 Å². The molecule has 0 amide bonds. The Kier molecular flexibility index (Phi) is 6.59. The summed E-state index contributed by atoms with van der Waals surface area (Å²) in [5.74, 6) is 0.839. The Balaban J connectivity index is 1.46. The number of allylic oxidation sites excluding steroid dienone is 6.